The Morgan fingerprint density at radius 3 is 2.59 bits per heavy atom. The molecule has 3 aromatic rings. The molecule has 0 bridgehead atoms. The summed E-state index contributed by atoms with van der Waals surface area (Å²) in [5.74, 6) is 0.116. The van der Waals surface area contributed by atoms with Crippen LogP contribution in [0.5, 0.6) is 0 Å². The van der Waals surface area contributed by atoms with Crippen LogP contribution in [-0.2, 0) is 4.79 Å². The number of nitrogens with one attached hydrogen (secondary N) is 1. The smallest absolute Gasteiger partial charge is 0.229 e. The Morgan fingerprint density at radius 2 is 1.86 bits per heavy atom. The maximum Gasteiger partial charge on any atom is 0.229 e. The van der Waals surface area contributed by atoms with Gasteiger partial charge in [0.05, 0.1) is 5.92 Å². The van der Waals surface area contributed by atoms with E-state index < -0.39 is 0 Å². The fourth-order valence-electron chi connectivity index (χ4n) is 3.45. The maximum absolute atomic E-state index is 13.4. The fourth-order valence-corrected chi connectivity index (χ4v) is 3.58. The molecule has 0 spiro atoms. The molecule has 2 heterocycles. The average Bonchev–Trinajstić information content (AvgIpc) is 2.75. The Hall–Kier alpha value is -2.99. The molecule has 1 aliphatic heterocycles. The van der Waals surface area contributed by atoms with E-state index in [0.717, 1.165) is 36.2 Å². The predicted octanol–water partition coefficient (Wildman–Crippen LogP) is 4.79. The van der Waals surface area contributed by atoms with E-state index in [2.05, 4.69) is 15.3 Å². The zero-order valence-electron chi connectivity index (χ0n) is 15.7. The maximum atomic E-state index is 13.4. The van der Waals surface area contributed by atoms with E-state index in [1.807, 2.05) is 11.0 Å². The number of nitrogens with zero attached hydrogens (tertiary/aromatic N) is 3. The fraction of sp³-hybridized carbons (Fsp3) is 0.227. The quantitative estimate of drug-likeness (QED) is 0.671. The topological polar surface area (TPSA) is 58.1 Å². The first kappa shape index (κ1) is 19.3. The SMILES string of the molecule is O=C(Nc1ccc(Cl)cc1)C1CCCN(c2ncc(-c3cccc(F)c3)cn2)C1. The van der Waals surface area contributed by atoms with Gasteiger partial charge < -0.3 is 10.2 Å². The lowest BCUT2D eigenvalue weighted by Crippen LogP contribution is -2.41. The molecule has 0 radical (unpaired) electrons. The van der Waals surface area contributed by atoms with Gasteiger partial charge in [0.1, 0.15) is 5.82 Å². The van der Waals surface area contributed by atoms with Gasteiger partial charge >= 0.3 is 0 Å². The van der Waals surface area contributed by atoms with Gasteiger partial charge in [0.2, 0.25) is 11.9 Å². The first-order valence-corrected chi connectivity index (χ1v) is 9.85. The Kier molecular flexibility index (Phi) is 5.71. The normalized spacial score (nSPS) is 16.5. The monoisotopic (exact) mass is 410 g/mol. The Balaban J connectivity index is 1.42. The Morgan fingerprint density at radius 1 is 1.10 bits per heavy atom. The summed E-state index contributed by atoms with van der Waals surface area (Å²) < 4.78 is 13.4. The molecule has 5 nitrogen and oxygen atoms in total. The lowest BCUT2D eigenvalue weighted by atomic mass is 9.97. The van der Waals surface area contributed by atoms with Crippen LogP contribution in [0.4, 0.5) is 16.0 Å². The number of carbonyl (C=O) groups is 1. The highest BCUT2D eigenvalue weighted by atomic mass is 35.5. The van der Waals surface area contributed by atoms with Gasteiger partial charge in [-0.25, -0.2) is 14.4 Å². The number of rotatable bonds is 4. The molecule has 0 aliphatic carbocycles. The third-order valence-corrected chi connectivity index (χ3v) is 5.23. The van der Waals surface area contributed by atoms with Crippen LogP contribution in [0.2, 0.25) is 5.02 Å². The van der Waals surface area contributed by atoms with Crippen LogP contribution in [0.1, 0.15) is 12.8 Å². The largest absolute Gasteiger partial charge is 0.340 e. The number of hydrogen-bond acceptors (Lipinski definition) is 4. The van der Waals surface area contributed by atoms with Crippen LogP contribution in [0, 0.1) is 11.7 Å². The second-order valence-corrected chi connectivity index (χ2v) is 7.50. The van der Waals surface area contributed by atoms with Crippen LogP contribution < -0.4 is 10.2 Å². The lowest BCUT2D eigenvalue weighted by Gasteiger charge is -2.32. The molecule has 7 heteroatoms. The molecular weight excluding hydrogens is 391 g/mol. The number of anilines is 2. The zero-order valence-corrected chi connectivity index (χ0v) is 16.4. The molecule has 29 heavy (non-hydrogen) atoms. The molecule has 2 aromatic carbocycles. The number of carbonyl (C=O) groups excluding carboxylic acids is 1. The van der Waals surface area contributed by atoms with Gasteiger partial charge in [0, 0.05) is 41.8 Å². The van der Waals surface area contributed by atoms with Gasteiger partial charge in [-0.1, -0.05) is 23.7 Å². The second kappa shape index (κ2) is 8.57. The second-order valence-electron chi connectivity index (χ2n) is 7.06. The van der Waals surface area contributed by atoms with Crippen LogP contribution in [0.3, 0.4) is 0 Å². The van der Waals surface area contributed by atoms with Gasteiger partial charge in [-0.05, 0) is 54.8 Å². The molecule has 0 saturated carbocycles. The van der Waals surface area contributed by atoms with E-state index in [1.165, 1.54) is 12.1 Å². The number of aromatic nitrogens is 2. The summed E-state index contributed by atoms with van der Waals surface area (Å²) in [5.41, 5.74) is 2.21. The number of piperidine rings is 1. The van der Waals surface area contributed by atoms with Crippen LogP contribution >= 0.6 is 11.6 Å². The van der Waals surface area contributed by atoms with Crippen LogP contribution in [0.25, 0.3) is 11.1 Å². The lowest BCUT2D eigenvalue weighted by molar-refractivity contribution is -0.120. The average molecular weight is 411 g/mol. The molecule has 1 fully saturated rings. The van der Waals surface area contributed by atoms with Crippen molar-refractivity contribution in [3.05, 3.63) is 71.8 Å². The van der Waals surface area contributed by atoms with Crippen molar-refractivity contribution in [1.29, 1.82) is 0 Å². The highest BCUT2D eigenvalue weighted by Crippen LogP contribution is 2.24. The van der Waals surface area contributed by atoms with Crippen LogP contribution in [-0.4, -0.2) is 29.0 Å². The highest BCUT2D eigenvalue weighted by molar-refractivity contribution is 6.30. The summed E-state index contributed by atoms with van der Waals surface area (Å²) in [6, 6.07) is 13.4. The number of hydrogen-bond donors (Lipinski definition) is 1. The van der Waals surface area contributed by atoms with E-state index in [-0.39, 0.29) is 17.6 Å². The van der Waals surface area contributed by atoms with Gasteiger partial charge in [0.15, 0.2) is 0 Å². The van der Waals surface area contributed by atoms with Crippen molar-refractivity contribution in [2.24, 2.45) is 5.92 Å². The predicted molar refractivity (Wildman–Crippen MR) is 112 cm³/mol. The van der Waals surface area contributed by atoms with Crippen molar-refractivity contribution >= 4 is 29.1 Å². The molecule has 1 saturated heterocycles. The number of amides is 1. The zero-order chi connectivity index (χ0) is 20.2. The van der Waals surface area contributed by atoms with Gasteiger partial charge in [-0.15, -0.1) is 0 Å². The Labute approximate surface area is 173 Å². The van der Waals surface area contributed by atoms with Crippen molar-refractivity contribution in [3.63, 3.8) is 0 Å². The Bertz CT molecular complexity index is 994. The summed E-state index contributed by atoms with van der Waals surface area (Å²) in [7, 11) is 0. The molecule has 1 N–H and O–H groups in total. The molecule has 1 aliphatic rings. The van der Waals surface area contributed by atoms with Gasteiger partial charge in [-0.3, -0.25) is 4.79 Å². The minimum Gasteiger partial charge on any atom is -0.340 e. The summed E-state index contributed by atoms with van der Waals surface area (Å²) >= 11 is 5.89. The van der Waals surface area contributed by atoms with E-state index in [9.17, 15) is 9.18 Å². The summed E-state index contributed by atoms with van der Waals surface area (Å²) in [5, 5.41) is 3.58. The summed E-state index contributed by atoms with van der Waals surface area (Å²) in [6.07, 6.45) is 5.08. The molecule has 1 aromatic heterocycles. The molecule has 1 unspecified atom stereocenters. The van der Waals surface area contributed by atoms with E-state index >= 15 is 0 Å². The van der Waals surface area contributed by atoms with Crippen molar-refractivity contribution in [3.8, 4) is 11.1 Å². The van der Waals surface area contributed by atoms with Crippen molar-refractivity contribution in [2.75, 3.05) is 23.3 Å². The molecular formula is C22H20ClFN4O. The first-order valence-electron chi connectivity index (χ1n) is 9.48. The molecule has 1 atom stereocenters. The summed E-state index contributed by atoms with van der Waals surface area (Å²) in [6.45, 7) is 1.35. The molecule has 4 rings (SSSR count). The first-order chi connectivity index (χ1) is 14.1. The minimum atomic E-state index is -0.294. The van der Waals surface area contributed by atoms with Crippen LogP contribution in [0.15, 0.2) is 60.9 Å². The van der Waals surface area contributed by atoms with Gasteiger partial charge in [0.25, 0.3) is 0 Å². The van der Waals surface area contributed by atoms with E-state index in [4.69, 9.17) is 11.6 Å². The molecule has 148 valence electrons. The van der Waals surface area contributed by atoms with Crippen molar-refractivity contribution in [1.82, 2.24) is 9.97 Å². The van der Waals surface area contributed by atoms with E-state index in [0.29, 0.717) is 17.5 Å². The summed E-state index contributed by atoms with van der Waals surface area (Å²) in [4.78, 5) is 23.6. The van der Waals surface area contributed by atoms with Crippen molar-refractivity contribution < 1.29 is 9.18 Å². The van der Waals surface area contributed by atoms with E-state index in [1.54, 1.807) is 42.7 Å². The number of benzene rings is 2. The number of halogens is 2. The van der Waals surface area contributed by atoms with Crippen molar-refractivity contribution in [2.45, 2.75) is 12.8 Å². The highest BCUT2D eigenvalue weighted by Gasteiger charge is 2.27. The molecule has 1 amide bonds. The van der Waals surface area contributed by atoms with Gasteiger partial charge in [-0.2, -0.15) is 0 Å². The third-order valence-electron chi connectivity index (χ3n) is 4.98. The standard InChI is InChI=1S/C22H20ClFN4O/c23-18-6-8-20(9-7-18)27-21(29)16-4-2-10-28(14-16)22-25-12-17(13-26-22)15-3-1-5-19(24)11-15/h1,3,5-9,11-13,16H,2,4,10,14H2,(H,27,29). The third kappa shape index (κ3) is 4.71. The minimum absolute atomic E-state index is 0.0200.